The molecule has 1 aromatic carbocycles. The molecule has 170 valence electrons. The normalized spacial score (nSPS) is 13.1. The molecular formula is C22H17F3N4O4. The highest BCUT2D eigenvalue weighted by molar-refractivity contribution is 6.02. The molecule has 0 saturated heterocycles. The van der Waals surface area contributed by atoms with E-state index < -0.39 is 18.8 Å². The van der Waals surface area contributed by atoms with Crippen LogP contribution in [-0.4, -0.2) is 44.5 Å². The third-order valence-electron chi connectivity index (χ3n) is 4.75. The lowest BCUT2D eigenvalue weighted by Crippen LogP contribution is -2.24. The third-order valence-corrected chi connectivity index (χ3v) is 4.75. The van der Waals surface area contributed by atoms with E-state index >= 15 is 0 Å². The number of ether oxygens (including phenoxy) is 2. The summed E-state index contributed by atoms with van der Waals surface area (Å²) in [6, 6.07) is 10.00. The molecule has 4 rings (SSSR count). The monoisotopic (exact) mass is 458 g/mol. The molecule has 0 atom stereocenters. The van der Waals surface area contributed by atoms with Crippen LogP contribution in [0.2, 0.25) is 0 Å². The van der Waals surface area contributed by atoms with Crippen molar-refractivity contribution >= 4 is 11.9 Å². The molecule has 3 heterocycles. The Morgan fingerprint density at radius 2 is 1.91 bits per heavy atom. The second kappa shape index (κ2) is 8.85. The number of amides is 1. The quantitative estimate of drug-likeness (QED) is 0.412. The van der Waals surface area contributed by atoms with Gasteiger partial charge in [0.05, 0.1) is 24.1 Å². The van der Waals surface area contributed by atoms with Crippen molar-refractivity contribution in [2.75, 3.05) is 6.61 Å². The number of esters is 1. The second-order valence-electron chi connectivity index (χ2n) is 7.21. The van der Waals surface area contributed by atoms with E-state index in [1.165, 1.54) is 30.3 Å². The number of carbonyl (C=O) groups excluding carboxylic acids is 2. The van der Waals surface area contributed by atoms with Crippen molar-refractivity contribution < 1.29 is 32.2 Å². The maximum Gasteiger partial charge on any atom is 0.422 e. The summed E-state index contributed by atoms with van der Waals surface area (Å²) in [4.78, 5) is 39.1. The highest BCUT2D eigenvalue weighted by Crippen LogP contribution is 2.27. The van der Waals surface area contributed by atoms with E-state index in [0.717, 1.165) is 0 Å². The SMILES string of the molecule is Cc1nc(CN2Cc3c(ccnc3C(=O)Oc3ccccc3)C2=O)cnc1OCC(F)(F)F. The van der Waals surface area contributed by atoms with Crippen molar-refractivity contribution in [3.05, 3.63) is 77.0 Å². The average molecular weight is 458 g/mol. The lowest BCUT2D eigenvalue weighted by Gasteiger charge is -2.16. The highest BCUT2D eigenvalue weighted by Gasteiger charge is 2.33. The van der Waals surface area contributed by atoms with Gasteiger partial charge in [0.1, 0.15) is 5.75 Å². The largest absolute Gasteiger partial charge is 0.467 e. The first-order valence-corrected chi connectivity index (χ1v) is 9.78. The standard InChI is InChI=1S/C22H17F3N4O4/c1-13-19(32-12-22(23,24)25)27-9-14(28-13)10-29-11-17-16(20(29)30)7-8-26-18(17)21(31)33-15-5-3-2-4-6-15/h2-9H,10-12H2,1H3. The fraction of sp³-hybridized carbons (Fsp3) is 0.227. The minimum atomic E-state index is -4.49. The first kappa shape index (κ1) is 22.2. The lowest BCUT2D eigenvalue weighted by atomic mass is 10.1. The smallest absolute Gasteiger partial charge is 0.422 e. The van der Waals surface area contributed by atoms with Gasteiger partial charge >= 0.3 is 12.1 Å². The fourth-order valence-electron chi connectivity index (χ4n) is 3.32. The van der Waals surface area contributed by atoms with Crippen LogP contribution in [0.1, 0.15) is 37.8 Å². The number of aryl methyl sites for hydroxylation is 1. The topological polar surface area (TPSA) is 94.5 Å². The number of pyridine rings is 1. The Balaban J connectivity index is 1.48. The number of para-hydroxylation sites is 1. The van der Waals surface area contributed by atoms with Gasteiger partial charge in [-0.1, -0.05) is 18.2 Å². The van der Waals surface area contributed by atoms with Crippen molar-refractivity contribution in [3.63, 3.8) is 0 Å². The van der Waals surface area contributed by atoms with Crippen molar-refractivity contribution in [1.29, 1.82) is 0 Å². The average Bonchev–Trinajstić information content (AvgIpc) is 3.08. The summed E-state index contributed by atoms with van der Waals surface area (Å²) in [5, 5.41) is 0. The maximum atomic E-state index is 12.8. The predicted molar refractivity (Wildman–Crippen MR) is 108 cm³/mol. The van der Waals surface area contributed by atoms with E-state index in [2.05, 4.69) is 19.7 Å². The Hall–Kier alpha value is -4.02. The molecule has 0 spiro atoms. The van der Waals surface area contributed by atoms with Crippen LogP contribution in [0.25, 0.3) is 0 Å². The van der Waals surface area contributed by atoms with Gasteiger partial charge in [0.15, 0.2) is 12.3 Å². The highest BCUT2D eigenvalue weighted by atomic mass is 19.4. The molecule has 11 heteroatoms. The molecule has 1 aliphatic rings. The first-order valence-electron chi connectivity index (χ1n) is 9.78. The minimum Gasteiger partial charge on any atom is -0.467 e. The maximum absolute atomic E-state index is 12.8. The second-order valence-corrected chi connectivity index (χ2v) is 7.21. The number of hydrogen-bond donors (Lipinski definition) is 0. The summed E-state index contributed by atoms with van der Waals surface area (Å²) >= 11 is 0. The Kier molecular flexibility index (Phi) is 5.95. The van der Waals surface area contributed by atoms with Gasteiger partial charge in [0.2, 0.25) is 5.88 Å². The number of carbonyl (C=O) groups is 2. The summed E-state index contributed by atoms with van der Waals surface area (Å²) in [7, 11) is 0. The Morgan fingerprint density at radius 3 is 2.61 bits per heavy atom. The zero-order chi connectivity index (χ0) is 23.6. The first-order chi connectivity index (χ1) is 15.7. The van der Waals surface area contributed by atoms with Crippen molar-refractivity contribution in [2.24, 2.45) is 0 Å². The van der Waals surface area contributed by atoms with Crippen LogP contribution in [0.5, 0.6) is 11.6 Å². The zero-order valence-corrected chi connectivity index (χ0v) is 17.3. The molecule has 1 amide bonds. The molecule has 0 fully saturated rings. The number of halogens is 3. The number of alkyl halides is 3. The molecule has 3 aromatic rings. The molecule has 1 aliphatic heterocycles. The number of nitrogens with zero attached hydrogens (tertiary/aromatic N) is 4. The van der Waals surface area contributed by atoms with Crippen molar-refractivity contribution in [3.8, 4) is 11.6 Å². The number of benzene rings is 1. The van der Waals surface area contributed by atoms with Gasteiger partial charge < -0.3 is 14.4 Å². The zero-order valence-electron chi connectivity index (χ0n) is 17.3. The molecule has 33 heavy (non-hydrogen) atoms. The summed E-state index contributed by atoms with van der Waals surface area (Å²) < 4.78 is 47.0. The van der Waals surface area contributed by atoms with Gasteiger partial charge in [0.25, 0.3) is 5.91 Å². The van der Waals surface area contributed by atoms with E-state index in [1.54, 1.807) is 30.3 Å². The Labute approximate surface area is 186 Å². The van der Waals surface area contributed by atoms with E-state index in [1.807, 2.05) is 0 Å². The summed E-state index contributed by atoms with van der Waals surface area (Å²) in [5.74, 6) is -0.906. The molecule has 0 radical (unpaired) electrons. The summed E-state index contributed by atoms with van der Waals surface area (Å²) in [6.07, 6.45) is -1.88. The van der Waals surface area contributed by atoms with Crippen LogP contribution in [0.15, 0.2) is 48.8 Å². The predicted octanol–water partition coefficient (Wildman–Crippen LogP) is 3.50. The van der Waals surface area contributed by atoms with Crippen LogP contribution in [-0.2, 0) is 13.1 Å². The molecule has 0 bridgehead atoms. The summed E-state index contributed by atoms with van der Waals surface area (Å²) in [6.45, 7) is 0.114. The number of aromatic nitrogens is 3. The van der Waals surface area contributed by atoms with Gasteiger partial charge in [-0.3, -0.25) is 4.79 Å². The lowest BCUT2D eigenvalue weighted by molar-refractivity contribution is -0.154. The molecule has 0 N–H and O–H groups in total. The molecule has 0 unspecified atom stereocenters. The molecular weight excluding hydrogens is 441 g/mol. The summed E-state index contributed by atoms with van der Waals surface area (Å²) in [5.41, 5.74) is 1.30. The van der Waals surface area contributed by atoms with Gasteiger partial charge in [-0.25, -0.2) is 19.7 Å². The van der Waals surface area contributed by atoms with Gasteiger partial charge in [-0.05, 0) is 25.1 Å². The van der Waals surface area contributed by atoms with E-state index in [-0.39, 0.29) is 36.3 Å². The van der Waals surface area contributed by atoms with Crippen molar-refractivity contribution in [1.82, 2.24) is 19.9 Å². The van der Waals surface area contributed by atoms with Crippen LogP contribution in [0.3, 0.4) is 0 Å². The molecule has 8 nitrogen and oxygen atoms in total. The van der Waals surface area contributed by atoms with Crippen LogP contribution >= 0.6 is 0 Å². The minimum absolute atomic E-state index is 0.0327. The van der Waals surface area contributed by atoms with E-state index in [4.69, 9.17) is 4.74 Å². The molecule has 0 aliphatic carbocycles. The van der Waals surface area contributed by atoms with E-state index in [9.17, 15) is 22.8 Å². The number of rotatable bonds is 6. The van der Waals surface area contributed by atoms with Gasteiger partial charge in [-0.2, -0.15) is 13.2 Å². The van der Waals surface area contributed by atoms with Crippen molar-refractivity contribution in [2.45, 2.75) is 26.2 Å². The van der Waals surface area contributed by atoms with Crippen LogP contribution in [0, 0.1) is 6.92 Å². The Bertz CT molecular complexity index is 1200. The molecule has 2 aromatic heterocycles. The fourth-order valence-corrected chi connectivity index (χ4v) is 3.32. The number of hydrogen-bond acceptors (Lipinski definition) is 7. The third kappa shape index (κ3) is 5.08. The van der Waals surface area contributed by atoms with E-state index in [0.29, 0.717) is 22.6 Å². The Morgan fingerprint density at radius 1 is 1.15 bits per heavy atom. The van der Waals surface area contributed by atoms with Gasteiger partial charge in [0, 0.05) is 23.9 Å². The van der Waals surface area contributed by atoms with Gasteiger partial charge in [-0.15, -0.1) is 0 Å². The molecule has 0 saturated carbocycles. The number of fused-ring (bicyclic) bond motifs is 1. The van der Waals surface area contributed by atoms with Crippen LogP contribution in [0.4, 0.5) is 13.2 Å². The van der Waals surface area contributed by atoms with Crippen LogP contribution < -0.4 is 9.47 Å².